The second-order valence-electron chi connectivity index (χ2n) is 6.19. The molecule has 0 fully saturated rings. The summed E-state index contributed by atoms with van der Waals surface area (Å²) in [5, 5.41) is 13.0. The van der Waals surface area contributed by atoms with Gasteiger partial charge in [-0.25, -0.2) is 9.37 Å². The van der Waals surface area contributed by atoms with Crippen LogP contribution in [0, 0.1) is 11.7 Å². The maximum Gasteiger partial charge on any atom is 0.299 e. The Bertz CT molecular complexity index is 1060. The van der Waals surface area contributed by atoms with Crippen LogP contribution in [0.5, 0.6) is 0 Å². The number of nitrogens with zero attached hydrogens (tertiary/aromatic N) is 3. The summed E-state index contributed by atoms with van der Waals surface area (Å²) in [6.45, 7) is 4.39. The van der Waals surface area contributed by atoms with Crippen LogP contribution in [0.3, 0.4) is 0 Å². The summed E-state index contributed by atoms with van der Waals surface area (Å²) in [5.41, 5.74) is 0.239. The maximum atomic E-state index is 14.4. The van der Waals surface area contributed by atoms with Crippen molar-refractivity contribution >= 4 is 10.9 Å². The highest BCUT2D eigenvalue weighted by Crippen LogP contribution is 2.26. The quantitative estimate of drug-likeness (QED) is 0.589. The first-order chi connectivity index (χ1) is 12.0. The van der Waals surface area contributed by atoms with E-state index in [2.05, 4.69) is 10.1 Å². The lowest BCUT2D eigenvalue weighted by Gasteiger charge is -2.10. The molecule has 0 saturated carbocycles. The summed E-state index contributed by atoms with van der Waals surface area (Å²) in [4.78, 5) is 17.0. The highest BCUT2D eigenvalue weighted by atomic mass is 19.1. The smallest absolute Gasteiger partial charge is 0.299 e. The van der Waals surface area contributed by atoms with Crippen molar-refractivity contribution in [3.8, 4) is 11.3 Å². The molecule has 1 heterocycles. The topological polar surface area (TPSA) is 67.5 Å². The molecule has 0 aliphatic carbocycles. The van der Waals surface area contributed by atoms with E-state index < -0.39 is 11.4 Å². The zero-order valence-electron chi connectivity index (χ0n) is 14.0. The molecule has 0 saturated heterocycles. The Balaban J connectivity index is 2.55. The minimum absolute atomic E-state index is 0.187. The molecule has 128 valence electrons. The summed E-state index contributed by atoms with van der Waals surface area (Å²) < 4.78 is 15.9. The molecule has 25 heavy (non-hydrogen) atoms. The molecule has 0 aliphatic rings. The van der Waals surface area contributed by atoms with Crippen LogP contribution in [-0.2, 0) is 6.54 Å². The predicted octanol–water partition coefficient (Wildman–Crippen LogP) is 3.15. The molecule has 5 nitrogen and oxygen atoms in total. The summed E-state index contributed by atoms with van der Waals surface area (Å²) in [7, 11) is 0. The Morgan fingerprint density at radius 1 is 1.16 bits per heavy atom. The molecular weight excluding hydrogens is 321 g/mol. The molecule has 1 N–H and O–H groups in total. The number of halogens is 1. The Kier molecular flexibility index (Phi) is 4.61. The van der Waals surface area contributed by atoms with E-state index >= 15 is 0 Å². The standard InChI is InChI=1S/C19H18FN3O2/c1-12(2)11-23-16-10-6-4-8-14(16)17(21-18(22-25)19(23)24)13-7-3-5-9-15(13)20/h3-10,12,25H,11H2,1-2H3/b22-18+. The fourth-order valence-electron chi connectivity index (χ4n) is 2.82. The zero-order valence-corrected chi connectivity index (χ0v) is 14.0. The van der Waals surface area contributed by atoms with E-state index in [1.54, 1.807) is 42.5 Å². The minimum Gasteiger partial charge on any atom is -0.409 e. The molecule has 0 aliphatic heterocycles. The van der Waals surface area contributed by atoms with E-state index in [1.807, 2.05) is 13.8 Å². The largest absolute Gasteiger partial charge is 0.409 e. The van der Waals surface area contributed by atoms with Crippen LogP contribution in [0.2, 0.25) is 0 Å². The third-order valence-electron chi connectivity index (χ3n) is 3.88. The molecule has 0 spiro atoms. The van der Waals surface area contributed by atoms with Crippen molar-refractivity contribution in [2.24, 2.45) is 11.1 Å². The second-order valence-corrected chi connectivity index (χ2v) is 6.19. The van der Waals surface area contributed by atoms with Gasteiger partial charge in [-0.2, -0.15) is 0 Å². The lowest BCUT2D eigenvalue weighted by molar-refractivity contribution is 0.296. The van der Waals surface area contributed by atoms with Crippen LogP contribution in [0.15, 0.2) is 58.5 Å². The van der Waals surface area contributed by atoms with Gasteiger partial charge in [-0.3, -0.25) is 4.79 Å². The maximum absolute atomic E-state index is 14.4. The fraction of sp³-hybridized carbons (Fsp3) is 0.211. The van der Waals surface area contributed by atoms with E-state index in [1.165, 1.54) is 10.6 Å². The van der Waals surface area contributed by atoms with Crippen LogP contribution in [0.1, 0.15) is 13.8 Å². The number of fused-ring (bicyclic) bond motifs is 1. The van der Waals surface area contributed by atoms with Crippen LogP contribution in [-0.4, -0.2) is 14.8 Å². The Morgan fingerprint density at radius 2 is 1.84 bits per heavy atom. The Labute approximate surface area is 143 Å². The molecule has 0 bridgehead atoms. The van der Waals surface area contributed by atoms with Crippen LogP contribution >= 0.6 is 0 Å². The minimum atomic E-state index is -0.519. The van der Waals surface area contributed by atoms with Gasteiger partial charge in [0.25, 0.3) is 11.0 Å². The summed E-state index contributed by atoms with van der Waals surface area (Å²) in [6.07, 6.45) is 0. The van der Waals surface area contributed by atoms with Crippen molar-refractivity contribution in [3.63, 3.8) is 0 Å². The predicted molar refractivity (Wildman–Crippen MR) is 93.6 cm³/mol. The molecule has 1 aromatic heterocycles. The monoisotopic (exact) mass is 339 g/mol. The molecule has 3 rings (SSSR count). The van der Waals surface area contributed by atoms with Gasteiger partial charge in [0.15, 0.2) is 0 Å². The highest BCUT2D eigenvalue weighted by Gasteiger charge is 2.14. The molecule has 0 radical (unpaired) electrons. The number of hydrogen-bond acceptors (Lipinski definition) is 4. The average molecular weight is 339 g/mol. The third-order valence-corrected chi connectivity index (χ3v) is 3.88. The summed E-state index contributed by atoms with van der Waals surface area (Å²) in [5.74, 6) is -0.273. The van der Waals surface area contributed by atoms with E-state index in [4.69, 9.17) is 0 Å². The average Bonchev–Trinajstić information content (AvgIpc) is 2.71. The van der Waals surface area contributed by atoms with Gasteiger partial charge in [-0.1, -0.05) is 49.3 Å². The highest BCUT2D eigenvalue weighted by molar-refractivity contribution is 5.92. The molecule has 0 amide bonds. The first kappa shape index (κ1) is 16.8. The number of para-hydroxylation sites is 1. The van der Waals surface area contributed by atoms with Crippen molar-refractivity contribution in [2.45, 2.75) is 20.4 Å². The lowest BCUT2D eigenvalue weighted by Crippen LogP contribution is -2.35. The number of rotatable bonds is 3. The Morgan fingerprint density at radius 3 is 2.52 bits per heavy atom. The van der Waals surface area contributed by atoms with Crippen molar-refractivity contribution in [2.75, 3.05) is 0 Å². The summed E-state index contributed by atoms with van der Waals surface area (Å²) >= 11 is 0. The molecule has 0 atom stereocenters. The molecule has 3 aromatic rings. The van der Waals surface area contributed by atoms with Crippen molar-refractivity contribution < 1.29 is 9.60 Å². The first-order valence-corrected chi connectivity index (χ1v) is 8.00. The number of benzene rings is 2. The van der Waals surface area contributed by atoms with Crippen molar-refractivity contribution in [1.29, 1.82) is 0 Å². The van der Waals surface area contributed by atoms with Crippen molar-refractivity contribution in [3.05, 3.63) is 70.2 Å². The van der Waals surface area contributed by atoms with Gasteiger partial charge in [0.05, 0.1) is 11.2 Å². The van der Waals surface area contributed by atoms with Crippen LogP contribution in [0.25, 0.3) is 22.2 Å². The Hall–Kier alpha value is -3.02. The van der Waals surface area contributed by atoms with Gasteiger partial charge >= 0.3 is 0 Å². The molecule has 0 unspecified atom stereocenters. The fourth-order valence-corrected chi connectivity index (χ4v) is 2.82. The van der Waals surface area contributed by atoms with Crippen LogP contribution < -0.4 is 11.0 Å². The second kappa shape index (κ2) is 6.84. The third kappa shape index (κ3) is 3.15. The zero-order chi connectivity index (χ0) is 18.0. The van der Waals surface area contributed by atoms with E-state index in [-0.39, 0.29) is 22.7 Å². The van der Waals surface area contributed by atoms with Gasteiger partial charge in [0.1, 0.15) is 5.82 Å². The first-order valence-electron chi connectivity index (χ1n) is 8.00. The summed E-state index contributed by atoms with van der Waals surface area (Å²) in [6, 6.07) is 13.4. The normalized spacial score (nSPS) is 12.1. The van der Waals surface area contributed by atoms with Gasteiger partial charge < -0.3 is 9.77 Å². The van der Waals surface area contributed by atoms with E-state index in [9.17, 15) is 14.4 Å². The van der Waals surface area contributed by atoms with Gasteiger partial charge in [-0.15, -0.1) is 0 Å². The van der Waals surface area contributed by atoms with Crippen LogP contribution in [0.4, 0.5) is 4.39 Å². The van der Waals surface area contributed by atoms with Crippen molar-refractivity contribution in [1.82, 2.24) is 9.55 Å². The SMILES string of the molecule is CC(C)Cn1c(=O)/c(=N\O)nc(-c2ccccc2F)c2ccccc21. The molecular formula is C19H18FN3O2. The van der Waals surface area contributed by atoms with E-state index in [0.717, 1.165) is 0 Å². The molecule has 2 aromatic carbocycles. The number of aromatic nitrogens is 2. The molecule has 6 heteroatoms. The van der Waals surface area contributed by atoms with Gasteiger partial charge in [0, 0.05) is 17.5 Å². The number of hydrogen-bond donors (Lipinski definition) is 1. The van der Waals surface area contributed by atoms with Gasteiger partial charge in [-0.05, 0) is 24.1 Å². The van der Waals surface area contributed by atoms with E-state index in [0.29, 0.717) is 17.4 Å². The lowest BCUT2D eigenvalue weighted by atomic mass is 10.1. The van der Waals surface area contributed by atoms with Gasteiger partial charge in [0.2, 0.25) is 0 Å².